The summed E-state index contributed by atoms with van der Waals surface area (Å²) in [7, 11) is 0. The molecule has 4 N–H and O–H groups in total. The normalized spacial score (nSPS) is 16.5. The van der Waals surface area contributed by atoms with Crippen LogP contribution in [0.2, 0.25) is 0 Å². The van der Waals surface area contributed by atoms with E-state index in [0.29, 0.717) is 11.9 Å². The van der Waals surface area contributed by atoms with Crippen LogP contribution in [0.3, 0.4) is 0 Å². The molecule has 0 aliphatic heterocycles. The smallest absolute Gasteiger partial charge is 0.244 e. The zero-order valence-electron chi connectivity index (χ0n) is 8.72. The average Bonchev–Trinajstić information content (AvgIpc) is 3.01. The van der Waals surface area contributed by atoms with E-state index in [1.807, 2.05) is 6.92 Å². The Balaban J connectivity index is 2.09. The van der Waals surface area contributed by atoms with Crippen molar-refractivity contribution in [1.29, 1.82) is 0 Å². The molecule has 1 aliphatic rings. The summed E-state index contributed by atoms with van der Waals surface area (Å²) < 4.78 is 0. The number of nitrogens with two attached hydrogens (primary N) is 2. The number of hydrazine groups is 1. The van der Waals surface area contributed by atoms with Gasteiger partial charge in [0.25, 0.3) is 0 Å². The summed E-state index contributed by atoms with van der Waals surface area (Å²) in [4.78, 5) is 8.20. The molecule has 15 heavy (non-hydrogen) atoms. The highest BCUT2D eigenvalue weighted by molar-refractivity contribution is 5.33. The predicted octanol–water partition coefficient (Wildman–Crippen LogP) is 0.675. The predicted molar refractivity (Wildman–Crippen MR) is 58.4 cm³/mol. The number of aromatic nitrogens is 2. The van der Waals surface area contributed by atoms with Gasteiger partial charge in [0.05, 0.1) is 0 Å². The first-order valence-corrected chi connectivity index (χ1v) is 4.96. The van der Waals surface area contributed by atoms with E-state index < -0.39 is 0 Å². The van der Waals surface area contributed by atoms with Crippen molar-refractivity contribution in [2.75, 3.05) is 5.01 Å². The van der Waals surface area contributed by atoms with Gasteiger partial charge in [0.15, 0.2) is 0 Å². The van der Waals surface area contributed by atoms with Crippen LogP contribution < -0.4 is 16.6 Å². The molecule has 2 rings (SSSR count). The minimum absolute atomic E-state index is 0.462. The maximum absolute atomic E-state index is 5.83. The van der Waals surface area contributed by atoms with Gasteiger partial charge in [0.1, 0.15) is 0 Å². The molecule has 0 aromatic carbocycles. The van der Waals surface area contributed by atoms with E-state index in [1.165, 1.54) is 5.01 Å². The van der Waals surface area contributed by atoms with E-state index in [2.05, 4.69) is 9.97 Å². The maximum atomic E-state index is 5.83. The lowest BCUT2D eigenvalue weighted by atomic mass is 10.3. The molecule has 0 bridgehead atoms. The molecule has 1 fully saturated rings. The molecule has 0 saturated heterocycles. The van der Waals surface area contributed by atoms with Crippen molar-refractivity contribution in [2.45, 2.75) is 19.8 Å². The summed E-state index contributed by atoms with van der Waals surface area (Å²) in [5, 5.41) is 1.37. The summed E-state index contributed by atoms with van der Waals surface area (Å²) in [5.74, 6) is 6.73. The second-order valence-electron chi connectivity index (χ2n) is 3.87. The van der Waals surface area contributed by atoms with E-state index in [0.717, 1.165) is 24.1 Å². The number of aryl methyl sites for hydroxylation is 1. The topological polar surface area (TPSA) is 81.1 Å². The summed E-state index contributed by atoms with van der Waals surface area (Å²) in [5.41, 5.74) is 7.64. The summed E-state index contributed by atoms with van der Waals surface area (Å²) in [6.07, 6.45) is 7.46. The van der Waals surface area contributed by atoms with Crippen molar-refractivity contribution in [3.8, 4) is 0 Å². The Hall–Kier alpha value is -1.62. The molecule has 1 saturated carbocycles. The standard InChI is InChI=1S/C10H15N5/c1-7-4-13-10(14-5-7)15(12)6-9(11)8-2-3-8/h4-6,8H,2-3,11-12H2,1H3/b9-6-. The van der Waals surface area contributed by atoms with Crippen molar-refractivity contribution in [2.24, 2.45) is 17.5 Å². The van der Waals surface area contributed by atoms with Gasteiger partial charge in [-0.3, -0.25) is 5.01 Å². The second-order valence-corrected chi connectivity index (χ2v) is 3.87. The monoisotopic (exact) mass is 205 g/mol. The first kappa shape index (κ1) is 9.92. The van der Waals surface area contributed by atoms with Crippen molar-refractivity contribution in [1.82, 2.24) is 9.97 Å². The number of allylic oxidation sites excluding steroid dienone is 1. The molecule has 1 heterocycles. The Morgan fingerprint density at radius 3 is 2.60 bits per heavy atom. The van der Waals surface area contributed by atoms with Crippen LogP contribution in [-0.4, -0.2) is 9.97 Å². The minimum atomic E-state index is 0.462. The van der Waals surface area contributed by atoms with Crippen molar-refractivity contribution in [3.63, 3.8) is 0 Å². The largest absolute Gasteiger partial charge is 0.401 e. The lowest BCUT2D eigenvalue weighted by Gasteiger charge is -2.12. The van der Waals surface area contributed by atoms with Crippen LogP contribution in [0.1, 0.15) is 18.4 Å². The molecule has 1 aliphatic carbocycles. The minimum Gasteiger partial charge on any atom is -0.401 e. The van der Waals surface area contributed by atoms with Gasteiger partial charge in [0, 0.05) is 30.2 Å². The van der Waals surface area contributed by atoms with Gasteiger partial charge in [-0.1, -0.05) is 0 Å². The zero-order valence-corrected chi connectivity index (χ0v) is 8.72. The van der Waals surface area contributed by atoms with Gasteiger partial charge in [-0.05, 0) is 25.3 Å². The second kappa shape index (κ2) is 3.86. The SMILES string of the molecule is Cc1cnc(N(N)/C=C(\N)C2CC2)nc1. The van der Waals surface area contributed by atoms with E-state index in [9.17, 15) is 0 Å². The van der Waals surface area contributed by atoms with Gasteiger partial charge >= 0.3 is 0 Å². The molecule has 0 unspecified atom stereocenters. The van der Waals surface area contributed by atoms with E-state index in [4.69, 9.17) is 11.6 Å². The average molecular weight is 205 g/mol. The van der Waals surface area contributed by atoms with E-state index >= 15 is 0 Å². The Morgan fingerprint density at radius 1 is 1.47 bits per heavy atom. The Kier molecular flexibility index (Phi) is 2.55. The van der Waals surface area contributed by atoms with Crippen LogP contribution in [0.4, 0.5) is 5.95 Å². The van der Waals surface area contributed by atoms with Crippen LogP contribution in [0.15, 0.2) is 24.3 Å². The lowest BCUT2D eigenvalue weighted by Crippen LogP contribution is -2.28. The van der Waals surface area contributed by atoms with Crippen LogP contribution in [-0.2, 0) is 0 Å². The zero-order chi connectivity index (χ0) is 10.8. The quantitative estimate of drug-likeness (QED) is 0.560. The number of hydrogen-bond donors (Lipinski definition) is 2. The number of anilines is 1. The molecule has 0 atom stereocenters. The Bertz CT molecular complexity index is 366. The van der Waals surface area contributed by atoms with Crippen molar-refractivity contribution < 1.29 is 0 Å². The highest BCUT2D eigenvalue weighted by atomic mass is 15.4. The van der Waals surface area contributed by atoms with E-state index in [1.54, 1.807) is 18.6 Å². The van der Waals surface area contributed by atoms with Gasteiger partial charge in [-0.15, -0.1) is 0 Å². The molecule has 80 valence electrons. The fraction of sp³-hybridized carbons (Fsp3) is 0.400. The fourth-order valence-electron chi connectivity index (χ4n) is 1.26. The Morgan fingerprint density at radius 2 is 2.07 bits per heavy atom. The third kappa shape index (κ3) is 2.44. The summed E-state index contributed by atoms with van der Waals surface area (Å²) >= 11 is 0. The van der Waals surface area contributed by atoms with Gasteiger partial charge in [-0.2, -0.15) is 0 Å². The van der Waals surface area contributed by atoms with Crippen LogP contribution in [0, 0.1) is 12.8 Å². The molecular weight excluding hydrogens is 190 g/mol. The van der Waals surface area contributed by atoms with Gasteiger partial charge < -0.3 is 5.73 Å². The number of hydrogen-bond acceptors (Lipinski definition) is 5. The molecule has 0 radical (unpaired) electrons. The fourth-order valence-corrected chi connectivity index (χ4v) is 1.26. The van der Waals surface area contributed by atoms with Crippen LogP contribution in [0.5, 0.6) is 0 Å². The van der Waals surface area contributed by atoms with Crippen LogP contribution >= 0.6 is 0 Å². The molecule has 5 nitrogen and oxygen atoms in total. The van der Waals surface area contributed by atoms with Crippen molar-refractivity contribution >= 4 is 5.95 Å². The molecular formula is C10H15N5. The van der Waals surface area contributed by atoms with Gasteiger partial charge in [0.2, 0.25) is 5.95 Å². The van der Waals surface area contributed by atoms with Crippen molar-refractivity contribution in [3.05, 3.63) is 29.9 Å². The first-order valence-electron chi connectivity index (χ1n) is 4.96. The van der Waals surface area contributed by atoms with Crippen LogP contribution in [0.25, 0.3) is 0 Å². The van der Waals surface area contributed by atoms with Gasteiger partial charge in [-0.25, -0.2) is 15.8 Å². The molecule has 0 spiro atoms. The number of nitrogens with zero attached hydrogens (tertiary/aromatic N) is 3. The third-order valence-electron chi connectivity index (χ3n) is 2.34. The molecule has 5 heteroatoms. The molecule has 0 amide bonds. The Labute approximate surface area is 88.8 Å². The third-order valence-corrected chi connectivity index (χ3v) is 2.34. The molecule has 1 aromatic heterocycles. The highest BCUT2D eigenvalue weighted by Gasteiger charge is 2.24. The number of rotatable bonds is 3. The highest BCUT2D eigenvalue weighted by Crippen LogP contribution is 2.33. The summed E-state index contributed by atoms with van der Waals surface area (Å²) in [6, 6.07) is 0. The molecule has 1 aromatic rings. The summed E-state index contributed by atoms with van der Waals surface area (Å²) in [6.45, 7) is 1.93. The van der Waals surface area contributed by atoms with E-state index in [-0.39, 0.29) is 0 Å². The maximum Gasteiger partial charge on any atom is 0.244 e. The lowest BCUT2D eigenvalue weighted by molar-refractivity contribution is 0.907. The first-order chi connectivity index (χ1) is 7.16.